The number of nitrogens with zero attached hydrogens (tertiary/aromatic N) is 1. The second-order valence-electron chi connectivity index (χ2n) is 6.65. The van der Waals surface area contributed by atoms with Crippen molar-refractivity contribution >= 4 is 23.1 Å². The zero-order chi connectivity index (χ0) is 20.4. The van der Waals surface area contributed by atoms with Gasteiger partial charge in [-0.05, 0) is 17.7 Å². The molecule has 0 spiro atoms. The third-order valence-electron chi connectivity index (χ3n) is 4.94. The monoisotopic (exact) mass is 385 g/mol. The maximum absolute atomic E-state index is 13.0. The van der Waals surface area contributed by atoms with Gasteiger partial charge in [0.2, 0.25) is 0 Å². The first-order chi connectivity index (χ1) is 14.1. The molecule has 1 aliphatic heterocycles. The van der Waals surface area contributed by atoms with Crippen LogP contribution in [0, 0.1) is 0 Å². The predicted octanol–water partition coefficient (Wildman–Crippen LogP) is 4.32. The lowest BCUT2D eigenvalue weighted by molar-refractivity contribution is -0.132. The summed E-state index contributed by atoms with van der Waals surface area (Å²) >= 11 is 0. The minimum atomic E-state index is -0.747. The Morgan fingerprint density at radius 2 is 1.55 bits per heavy atom. The average Bonchev–Trinajstić information content (AvgIpc) is 3.05. The van der Waals surface area contributed by atoms with Crippen molar-refractivity contribution in [3.8, 4) is 5.75 Å². The Balaban J connectivity index is 1.94. The van der Waals surface area contributed by atoms with Gasteiger partial charge in [0.05, 0.1) is 18.7 Å². The molecule has 1 fully saturated rings. The molecule has 1 aliphatic rings. The van der Waals surface area contributed by atoms with Crippen molar-refractivity contribution in [2.75, 3.05) is 12.0 Å². The Morgan fingerprint density at radius 1 is 0.897 bits per heavy atom. The van der Waals surface area contributed by atoms with Gasteiger partial charge in [-0.1, -0.05) is 66.7 Å². The molecule has 0 radical (unpaired) electrons. The summed E-state index contributed by atoms with van der Waals surface area (Å²) in [6.07, 6.45) is 0. The molecule has 29 heavy (non-hydrogen) atoms. The second-order valence-corrected chi connectivity index (χ2v) is 6.65. The van der Waals surface area contributed by atoms with E-state index >= 15 is 0 Å². The Kier molecular flexibility index (Phi) is 4.87. The van der Waals surface area contributed by atoms with Gasteiger partial charge in [0, 0.05) is 17.3 Å². The molecule has 1 atom stereocenters. The average molecular weight is 385 g/mol. The quantitative estimate of drug-likeness (QED) is 0.413. The van der Waals surface area contributed by atoms with E-state index in [0.29, 0.717) is 17.0 Å². The number of amides is 1. The van der Waals surface area contributed by atoms with Crippen molar-refractivity contribution in [2.24, 2.45) is 0 Å². The molecule has 5 heteroatoms. The highest BCUT2D eigenvalue weighted by Crippen LogP contribution is 2.42. The highest BCUT2D eigenvalue weighted by Gasteiger charge is 2.46. The van der Waals surface area contributed by atoms with Gasteiger partial charge in [0.25, 0.3) is 11.7 Å². The van der Waals surface area contributed by atoms with Gasteiger partial charge in [-0.3, -0.25) is 14.5 Å². The van der Waals surface area contributed by atoms with Gasteiger partial charge in [-0.25, -0.2) is 0 Å². The molecule has 1 heterocycles. The van der Waals surface area contributed by atoms with Crippen LogP contribution in [-0.2, 0) is 9.59 Å². The standard InChI is InChI=1S/C24H19NO4/c1-29-19-14-8-13-18(15-19)25-21(16-9-4-2-5-10-16)20(23(27)24(25)28)22(26)17-11-6-3-7-12-17/h2-15,21,26H,1H3/b22-20-. The molecule has 144 valence electrons. The zero-order valence-corrected chi connectivity index (χ0v) is 15.8. The third kappa shape index (κ3) is 3.27. The molecule has 3 aromatic rings. The molecule has 1 saturated heterocycles. The normalized spacial score (nSPS) is 18.1. The SMILES string of the molecule is COc1cccc(N2C(=O)C(=O)/C(=C(\O)c3ccccc3)C2c2ccccc2)c1. The van der Waals surface area contributed by atoms with Crippen LogP contribution in [0.3, 0.4) is 0 Å². The summed E-state index contributed by atoms with van der Waals surface area (Å²) in [4.78, 5) is 27.4. The number of aliphatic hydroxyl groups is 1. The topological polar surface area (TPSA) is 66.8 Å². The highest BCUT2D eigenvalue weighted by atomic mass is 16.5. The maximum atomic E-state index is 13.0. The molecular formula is C24H19NO4. The molecule has 0 aromatic heterocycles. The Morgan fingerprint density at radius 3 is 2.21 bits per heavy atom. The van der Waals surface area contributed by atoms with Crippen LogP contribution in [0.25, 0.3) is 5.76 Å². The molecule has 0 aliphatic carbocycles. The molecule has 1 N–H and O–H groups in total. The number of aliphatic hydroxyl groups excluding tert-OH is 1. The number of hydrogen-bond donors (Lipinski definition) is 1. The lowest BCUT2D eigenvalue weighted by Gasteiger charge is -2.25. The van der Waals surface area contributed by atoms with E-state index < -0.39 is 17.7 Å². The summed E-state index contributed by atoms with van der Waals surface area (Å²) in [6, 6.07) is 24.2. The van der Waals surface area contributed by atoms with Crippen molar-refractivity contribution < 1.29 is 19.4 Å². The van der Waals surface area contributed by atoms with Crippen LogP contribution in [0.5, 0.6) is 5.75 Å². The van der Waals surface area contributed by atoms with Crippen molar-refractivity contribution in [1.29, 1.82) is 0 Å². The van der Waals surface area contributed by atoms with E-state index in [0.717, 1.165) is 5.56 Å². The number of carbonyl (C=O) groups excluding carboxylic acids is 2. The molecule has 1 amide bonds. The van der Waals surface area contributed by atoms with Crippen molar-refractivity contribution in [1.82, 2.24) is 0 Å². The highest BCUT2D eigenvalue weighted by molar-refractivity contribution is 6.51. The number of ether oxygens (including phenoxy) is 1. The van der Waals surface area contributed by atoms with Crippen molar-refractivity contribution in [3.05, 3.63) is 102 Å². The smallest absolute Gasteiger partial charge is 0.300 e. The van der Waals surface area contributed by atoms with Crippen LogP contribution in [-0.4, -0.2) is 23.9 Å². The lowest BCUT2D eigenvalue weighted by atomic mass is 9.95. The molecular weight excluding hydrogens is 366 g/mol. The summed E-state index contributed by atoms with van der Waals surface area (Å²) in [7, 11) is 1.54. The van der Waals surface area contributed by atoms with E-state index in [-0.39, 0.29) is 11.3 Å². The minimum Gasteiger partial charge on any atom is -0.507 e. The predicted molar refractivity (Wildman–Crippen MR) is 111 cm³/mol. The lowest BCUT2D eigenvalue weighted by Crippen LogP contribution is -2.29. The third-order valence-corrected chi connectivity index (χ3v) is 4.94. The summed E-state index contributed by atoms with van der Waals surface area (Å²) in [5.74, 6) is -1.03. The van der Waals surface area contributed by atoms with Gasteiger partial charge < -0.3 is 9.84 Å². The van der Waals surface area contributed by atoms with Crippen LogP contribution in [0.1, 0.15) is 17.2 Å². The minimum absolute atomic E-state index is 0.0650. The summed E-state index contributed by atoms with van der Waals surface area (Å²) < 4.78 is 5.28. The van der Waals surface area contributed by atoms with Gasteiger partial charge in [-0.15, -0.1) is 0 Å². The van der Waals surface area contributed by atoms with Crippen LogP contribution in [0.15, 0.2) is 90.5 Å². The number of benzene rings is 3. The van der Waals surface area contributed by atoms with Crippen LogP contribution < -0.4 is 9.64 Å². The van der Waals surface area contributed by atoms with E-state index in [9.17, 15) is 14.7 Å². The van der Waals surface area contributed by atoms with E-state index in [1.165, 1.54) is 12.0 Å². The fourth-order valence-electron chi connectivity index (χ4n) is 3.56. The molecule has 0 bridgehead atoms. The number of Topliss-reactive ketones (excluding diaryl/α,β-unsaturated/α-hetero) is 1. The van der Waals surface area contributed by atoms with Crippen molar-refractivity contribution in [2.45, 2.75) is 6.04 Å². The van der Waals surface area contributed by atoms with Gasteiger partial charge in [0.1, 0.15) is 11.5 Å². The van der Waals surface area contributed by atoms with E-state index in [1.54, 1.807) is 48.5 Å². The number of carbonyl (C=O) groups is 2. The Labute approximate surface area is 168 Å². The number of rotatable bonds is 4. The van der Waals surface area contributed by atoms with E-state index in [4.69, 9.17) is 4.74 Å². The molecule has 5 nitrogen and oxygen atoms in total. The maximum Gasteiger partial charge on any atom is 0.300 e. The summed E-state index contributed by atoms with van der Waals surface area (Å²) in [5, 5.41) is 11.0. The molecule has 4 rings (SSSR count). The first-order valence-corrected chi connectivity index (χ1v) is 9.17. The molecule has 0 saturated carbocycles. The zero-order valence-electron chi connectivity index (χ0n) is 15.8. The van der Waals surface area contributed by atoms with Gasteiger partial charge in [-0.2, -0.15) is 0 Å². The van der Waals surface area contributed by atoms with Crippen LogP contribution in [0.2, 0.25) is 0 Å². The van der Waals surface area contributed by atoms with Crippen LogP contribution in [0.4, 0.5) is 5.69 Å². The van der Waals surface area contributed by atoms with Gasteiger partial charge >= 0.3 is 0 Å². The van der Waals surface area contributed by atoms with Gasteiger partial charge in [0.15, 0.2) is 0 Å². The molecule has 1 unspecified atom stereocenters. The molecule has 3 aromatic carbocycles. The fraction of sp³-hybridized carbons (Fsp3) is 0.0833. The fourth-order valence-corrected chi connectivity index (χ4v) is 3.56. The number of methoxy groups -OCH3 is 1. The first kappa shape index (κ1) is 18.5. The number of ketones is 1. The van der Waals surface area contributed by atoms with Crippen molar-refractivity contribution in [3.63, 3.8) is 0 Å². The largest absolute Gasteiger partial charge is 0.507 e. The van der Waals surface area contributed by atoms with Crippen LogP contribution >= 0.6 is 0 Å². The van der Waals surface area contributed by atoms with E-state index in [2.05, 4.69) is 0 Å². The Hall–Kier alpha value is -3.86. The number of anilines is 1. The summed E-state index contributed by atoms with van der Waals surface area (Å²) in [5.41, 5.74) is 1.80. The van der Waals surface area contributed by atoms with E-state index in [1.807, 2.05) is 36.4 Å². The Bertz CT molecular complexity index is 1090. The summed E-state index contributed by atoms with van der Waals surface area (Å²) in [6.45, 7) is 0. The number of hydrogen-bond acceptors (Lipinski definition) is 4. The second kappa shape index (κ2) is 7.64. The first-order valence-electron chi connectivity index (χ1n) is 9.17.